The number of hydrogen-bond acceptors (Lipinski definition) is 2. The first-order chi connectivity index (χ1) is 14.1. The fourth-order valence-electron chi connectivity index (χ4n) is 3.77. The lowest BCUT2D eigenvalue weighted by Crippen LogP contribution is -1.95. The molecule has 0 saturated heterocycles. The Balaban J connectivity index is 1.92. The van der Waals surface area contributed by atoms with Crippen LogP contribution in [0.4, 0.5) is 11.4 Å². The zero-order chi connectivity index (χ0) is 20.4. The lowest BCUT2D eigenvalue weighted by molar-refractivity contribution is 0.668. The van der Waals surface area contributed by atoms with Crippen molar-refractivity contribution in [2.24, 2.45) is 0 Å². The number of allylic oxidation sites excluding steroid dienone is 3. The van der Waals surface area contributed by atoms with Crippen LogP contribution in [0.25, 0.3) is 34.1 Å². The predicted molar refractivity (Wildman–Crippen MR) is 127 cm³/mol. The number of aryl methyl sites for hydroxylation is 2. The Hall–Kier alpha value is -3.52. The molecule has 1 N–H and O–H groups in total. The third-order valence-corrected chi connectivity index (χ3v) is 5.22. The highest BCUT2D eigenvalue weighted by Gasteiger charge is 2.14. The van der Waals surface area contributed by atoms with Crippen LogP contribution in [0.15, 0.2) is 77.8 Å². The van der Waals surface area contributed by atoms with Gasteiger partial charge in [-0.3, -0.25) is 0 Å². The van der Waals surface area contributed by atoms with E-state index in [0.29, 0.717) is 0 Å². The molecule has 2 heteroatoms. The number of nitrogens with one attached hydrogen (secondary N) is 1. The maximum Gasteiger partial charge on any atom is 0.137 e. The van der Waals surface area contributed by atoms with Crippen molar-refractivity contribution < 1.29 is 4.42 Å². The second kappa shape index (κ2) is 7.84. The van der Waals surface area contributed by atoms with E-state index >= 15 is 0 Å². The van der Waals surface area contributed by atoms with Gasteiger partial charge in [0.05, 0.1) is 11.1 Å². The minimum Gasteiger partial charge on any atom is -0.456 e. The lowest BCUT2D eigenvalue weighted by atomic mass is 10.0. The van der Waals surface area contributed by atoms with Crippen LogP contribution in [0.2, 0.25) is 0 Å². The highest BCUT2D eigenvalue weighted by Crippen LogP contribution is 2.38. The minimum absolute atomic E-state index is 0.884. The first-order valence-corrected chi connectivity index (χ1v) is 9.86. The molecule has 0 aliphatic heterocycles. The second-order valence-electron chi connectivity index (χ2n) is 7.24. The molecule has 3 aromatic carbocycles. The molecule has 2 nitrogen and oxygen atoms in total. The standard InChI is InChI=1S/C27H25NO/c1-5-7-12-20-17-22-26(16-19(20)4)29-25-15-9-14-24(27(22)25)28-23-13-8-11-18(3)21(23)10-6-2/h5-17,28H,1H2,2-4H3/b10-6-,12-7-. The predicted octanol–water partition coefficient (Wildman–Crippen LogP) is 8.18. The zero-order valence-corrected chi connectivity index (χ0v) is 17.1. The molecule has 0 saturated carbocycles. The van der Waals surface area contributed by atoms with Gasteiger partial charge in [0.15, 0.2) is 0 Å². The second-order valence-corrected chi connectivity index (χ2v) is 7.24. The summed E-state index contributed by atoms with van der Waals surface area (Å²) in [5.74, 6) is 0. The van der Waals surface area contributed by atoms with E-state index in [1.165, 1.54) is 22.3 Å². The largest absolute Gasteiger partial charge is 0.456 e. The number of anilines is 2. The maximum absolute atomic E-state index is 6.17. The highest BCUT2D eigenvalue weighted by atomic mass is 16.3. The van der Waals surface area contributed by atoms with Gasteiger partial charge >= 0.3 is 0 Å². The van der Waals surface area contributed by atoms with Gasteiger partial charge in [0, 0.05) is 16.6 Å². The van der Waals surface area contributed by atoms with Crippen molar-refractivity contribution in [3.8, 4) is 0 Å². The van der Waals surface area contributed by atoms with E-state index in [9.17, 15) is 0 Å². The van der Waals surface area contributed by atoms with E-state index in [1.807, 2.05) is 25.1 Å². The number of fused-ring (bicyclic) bond motifs is 3. The Morgan fingerprint density at radius 1 is 0.897 bits per heavy atom. The van der Waals surface area contributed by atoms with Gasteiger partial charge < -0.3 is 9.73 Å². The van der Waals surface area contributed by atoms with Gasteiger partial charge in [-0.15, -0.1) is 0 Å². The molecule has 144 valence electrons. The summed E-state index contributed by atoms with van der Waals surface area (Å²) in [6.45, 7) is 10.1. The van der Waals surface area contributed by atoms with Crippen LogP contribution >= 0.6 is 0 Å². The van der Waals surface area contributed by atoms with E-state index in [0.717, 1.165) is 33.3 Å². The van der Waals surface area contributed by atoms with E-state index in [2.05, 4.69) is 80.4 Å². The van der Waals surface area contributed by atoms with Crippen LogP contribution in [-0.4, -0.2) is 0 Å². The van der Waals surface area contributed by atoms with E-state index in [1.54, 1.807) is 6.08 Å². The van der Waals surface area contributed by atoms with Gasteiger partial charge in [0.2, 0.25) is 0 Å². The van der Waals surface area contributed by atoms with Crippen LogP contribution in [0, 0.1) is 13.8 Å². The Morgan fingerprint density at radius 2 is 1.69 bits per heavy atom. The van der Waals surface area contributed by atoms with E-state index in [4.69, 9.17) is 4.42 Å². The Labute approximate surface area is 171 Å². The molecule has 0 unspecified atom stereocenters. The van der Waals surface area contributed by atoms with Crippen molar-refractivity contribution in [1.82, 2.24) is 0 Å². The fourth-order valence-corrected chi connectivity index (χ4v) is 3.77. The highest BCUT2D eigenvalue weighted by molar-refractivity contribution is 6.12. The van der Waals surface area contributed by atoms with Gasteiger partial charge in [-0.2, -0.15) is 0 Å². The monoisotopic (exact) mass is 379 g/mol. The van der Waals surface area contributed by atoms with E-state index in [-0.39, 0.29) is 0 Å². The average Bonchev–Trinajstić information content (AvgIpc) is 3.07. The molecule has 0 spiro atoms. The van der Waals surface area contributed by atoms with Crippen molar-refractivity contribution in [2.75, 3.05) is 5.32 Å². The van der Waals surface area contributed by atoms with Crippen LogP contribution in [0.3, 0.4) is 0 Å². The lowest BCUT2D eigenvalue weighted by Gasteiger charge is -2.13. The third kappa shape index (κ3) is 3.50. The Morgan fingerprint density at radius 3 is 2.48 bits per heavy atom. The zero-order valence-electron chi connectivity index (χ0n) is 17.1. The topological polar surface area (TPSA) is 25.2 Å². The molecule has 4 rings (SSSR count). The molecule has 0 aliphatic rings. The van der Waals surface area contributed by atoms with Crippen molar-refractivity contribution in [1.29, 1.82) is 0 Å². The van der Waals surface area contributed by atoms with Crippen LogP contribution in [0.5, 0.6) is 0 Å². The van der Waals surface area contributed by atoms with Gasteiger partial charge in [0.1, 0.15) is 11.2 Å². The first kappa shape index (κ1) is 18.8. The summed E-state index contributed by atoms with van der Waals surface area (Å²) in [5.41, 5.74) is 8.70. The summed E-state index contributed by atoms with van der Waals surface area (Å²) in [6, 6.07) is 16.8. The summed E-state index contributed by atoms with van der Waals surface area (Å²) < 4.78 is 6.17. The smallest absolute Gasteiger partial charge is 0.137 e. The number of furan rings is 1. The Bertz CT molecular complexity index is 1270. The van der Waals surface area contributed by atoms with Crippen molar-refractivity contribution in [2.45, 2.75) is 20.8 Å². The molecule has 0 amide bonds. The SMILES string of the molecule is C=C/C=C\c1cc2c(cc1C)oc1cccc(Nc3cccc(C)c3/C=C\C)c12. The molecule has 4 aromatic rings. The number of rotatable bonds is 5. The molecule has 1 aromatic heterocycles. The average molecular weight is 380 g/mol. The Kier molecular flexibility index (Phi) is 5.09. The molecule has 29 heavy (non-hydrogen) atoms. The molecule has 0 bridgehead atoms. The van der Waals surface area contributed by atoms with Crippen molar-refractivity contribution in [3.63, 3.8) is 0 Å². The quantitative estimate of drug-likeness (QED) is 0.354. The van der Waals surface area contributed by atoms with E-state index < -0.39 is 0 Å². The molecular formula is C27H25NO. The molecular weight excluding hydrogens is 354 g/mol. The van der Waals surface area contributed by atoms with Crippen LogP contribution in [0.1, 0.15) is 29.2 Å². The van der Waals surface area contributed by atoms with Crippen molar-refractivity contribution >= 4 is 45.5 Å². The van der Waals surface area contributed by atoms with Gasteiger partial charge in [-0.1, -0.05) is 55.2 Å². The van der Waals surface area contributed by atoms with Crippen LogP contribution < -0.4 is 5.32 Å². The number of benzene rings is 3. The molecule has 0 aliphatic carbocycles. The van der Waals surface area contributed by atoms with Gasteiger partial charge in [-0.05, 0) is 67.8 Å². The summed E-state index contributed by atoms with van der Waals surface area (Å²) >= 11 is 0. The summed E-state index contributed by atoms with van der Waals surface area (Å²) in [6.07, 6.45) is 10.1. The molecule has 0 radical (unpaired) electrons. The van der Waals surface area contributed by atoms with Gasteiger partial charge in [-0.25, -0.2) is 0 Å². The van der Waals surface area contributed by atoms with Crippen molar-refractivity contribution in [3.05, 3.63) is 95.6 Å². The number of hydrogen-bond donors (Lipinski definition) is 1. The molecule has 0 fully saturated rings. The first-order valence-electron chi connectivity index (χ1n) is 9.86. The minimum atomic E-state index is 0.884. The normalized spacial score (nSPS) is 11.8. The maximum atomic E-state index is 6.17. The van der Waals surface area contributed by atoms with Crippen LogP contribution in [-0.2, 0) is 0 Å². The molecule has 1 heterocycles. The summed E-state index contributed by atoms with van der Waals surface area (Å²) in [4.78, 5) is 0. The summed E-state index contributed by atoms with van der Waals surface area (Å²) in [7, 11) is 0. The summed E-state index contributed by atoms with van der Waals surface area (Å²) in [5, 5.41) is 5.86. The fraction of sp³-hybridized carbons (Fsp3) is 0.111. The third-order valence-electron chi connectivity index (χ3n) is 5.22. The molecule has 0 atom stereocenters. The van der Waals surface area contributed by atoms with Gasteiger partial charge in [0.25, 0.3) is 0 Å².